The summed E-state index contributed by atoms with van der Waals surface area (Å²) in [6, 6.07) is 25.9. The van der Waals surface area contributed by atoms with Crippen molar-refractivity contribution >= 4 is 45.2 Å². The van der Waals surface area contributed by atoms with Gasteiger partial charge in [-0.3, -0.25) is 0 Å². The summed E-state index contributed by atoms with van der Waals surface area (Å²) in [7, 11) is -1.77. The van der Waals surface area contributed by atoms with Crippen molar-refractivity contribution in [3.63, 3.8) is 0 Å². The summed E-state index contributed by atoms with van der Waals surface area (Å²) >= 11 is 3.47. The number of hydrogen-bond acceptors (Lipinski definition) is 2. The van der Waals surface area contributed by atoms with Crippen LogP contribution >= 0.6 is 23.7 Å². The number of nitrogens with zero attached hydrogens (tertiary/aromatic N) is 1. The normalized spacial score (nSPS) is 11.5. The van der Waals surface area contributed by atoms with Crippen LogP contribution in [0.5, 0.6) is 0 Å². The Morgan fingerprint density at radius 2 is 1.48 bits per heavy atom. The first-order valence-corrected chi connectivity index (χ1v) is 9.95. The van der Waals surface area contributed by atoms with E-state index in [9.17, 15) is 4.57 Å². The summed E-state index contributed by atoms with van der Waals surface area (Å²) < 4.78 is 14.2. The van der Waals surface area contributed by atoms with Gasteiger partial charge in [0, 0.05) is 28.4 Å². The van der Waals surface area contributed by atoms with Crippen molar-refractivity contribution in [3.8, 4) is 11.1 Å². The Bertz CT molecular complexity index is 1060. The van der Waals surface area contributed by atoms with Gasteiger partial charge >= 0.3 is 7.80 Å². The second-order valence-corrected chi connectivity index (χ2v) is 8.15. The van der Waals surface area contributed by atoms with Gasteiger partial charge in [-0.05, 0) is 40.6 Å². The number of benzene rings is 3. The molecule has 4 rings (SSSR count). The molecule has 1 aromatic heterocycles. The number of hydrogen-bond donors (Lipinski definition) is 0. The van der Waals surface area contributed by atoms with Crippen LogP contribution in [0.2, 0.25) is 0 Å². The molecule has 0 fully saturated rings. The van der Waals surface area contributed by atoms with E-state index >= 15 is 0 Å². The average molecular weight is 407 g/mol. The van der Waals surface area contributed by atoms with E-state index in [1.807, 2.05) is 66.7 Å². The molecule has 1 atom stereocenters. The molecular weight excluding hydrogens is 393 g/mol. The Labute approximate surface area is 155 Å². The van der Waals surface area contributed by atoms with Crippen molar-refractivity contribution < 1.29 is 4.57 Å². The quantitative estimate of drug-likeness (QED) is 0.423. The van der Waals surface area contributed by atoms with Gasteiger partial charge in [-0.25, -0.2) is 4.98 Å². The lowest BCUT2D eigenvalue weighted by Crippen LogP contribution is -2.12. The van der Waals surface area contributed by atoms with Crippen LogP contribution in [-0.2, 0) is 4.57 Å². The van der Waals surface area contributed by atoms with Gasteiger partial charge in [0.2, 0.25) is 5.30 Å². The maximum absolute atomic E-state index is 13.2. The van der Waals surface area contributed by atoms with E-state index < -0.39 is 7.80 Å². The van der Waals surface area contributed by atoms with Crippen LogP contribution < -0.4 is 10.7 Å². The topological polar surface area (TPSA) is 30.0 Å². The molecule has 0 aliphatic carbocycles. The van der Waals surface area contributed by atoms with Crippen LogP contribution in [0.3, 0.4) is 0 Å². The van der Waals surface area contributed by atoms with Crippen molar-refractivity contribution in [1.82, 2.24) is 4.98 Å². The summed E-state index contributed by atoms with van der Waals surface area (Å²) in [6.45, 7) is 0. The van der Waals surface area contributed by atoms with E-state index in [0.717, 1.165) is 31.7 Å². The van der Waals surface area contributed by atoms with Crippen LogP contribution in [0.25, 0.3) is 21.9 Å². The van der Waals surface area contributed by atoms with Crippen LogP contribution in [0.4, 0.5) is 0 Å². The van der Waals surface area contributed by atoms with Crippen LogP contribution in [0.15, 0.2) is 89.5 Å². The molecule has 2 nitrogen and oxygen atoms in total. The lowest BCUT2D eigenvalue weighted by Gasteiger charge is -2.06. The molecule has 0 spiro atoms. The highest BCUT2D eigenvalue weighted by Gasteiger charge is 2.29. The largest absolute Gasteiger partial charge is 0.436 e. The maximum Gasteiger partial charge on any atom is 0.436 e. The van der Waals surface area contributed by atoms with Gasteiger partial charge in [0.1, 0.15) is 0 Å². The first-order valence-electron chi connectivity index (χ1n) is 7.89. The fraction of sp³-hybridized carbons (Fsp3) is 0. The second kappa shape index (κ2) is 6.87. The number of rotatable bonds is 3. The number of pyridine rings is 1. The minimum Gasteiger partial charge on any atom is -0.212 e. The molecule has 0 aliphatic heterocycles. The van der Waals surface area contributed by atoms with Gasteiger partial charge < -0.3 is 0 Å². The predicted octanol–water partition coefficient (Wildman–Crippen LogP) is 5.44. The van der Waals surface area contributed by atoms with Gasteiger partial charge in [-0.2, -0.15) is 0 Å². The predicted molar refractivity (Wildman–Crippen MR) is 108 cm³/mol. The molecular formula is C21H14BrNOP+. The zero-order valence-electron chi connectivity index (χ0n) is 13.3. The molecule has 0 saturated carbocycles. The molecule has 25 heavy (non-hydrogen) atoms. The Balaban J connectivity index is 1.96. The molecule has 3 aromatic carbocycles. The van der Waals surface area contributed by atoms with E-state index in [1.165, 1.54) is 0 Å². The Hall–Kier alpha value is -2.35. The van der Waals surface area contributed by atoms with Gasteiger partial charge in [0.25, 0.3) is 5.44 Å². The highest BCUT2D eigenvalue weighted by Crippen LogP contribution is 2.31. The van der Waals surface area contributed by atoms with Gasteiger partial charge in [0.05, 0.1) is 0 Å². The summed E-state index contributed by atoms with van der Waals surface area (Å²) in [5, 5.41) is 3.03. The monoisotopic (exact) mass is 406 g/mol. The smallest absolute Gasteiger partial charge is 0.212 e. The fourth-order valence-electron chi connectivity index (χ4n) is 2.85. The summed E-state index contributed by atoms with van der Waals surface area (Å²) in [5.74, 6) is 0. The Kier molecular flexibility index (Phi) is 4.44. The van der Waals surface area contributed by atoms with Gasteiger partial charge in [0.15, 0.2) is 0 Å². The van der Waals surface area contributed by atoms with Gasteiger partial charge in [-0.15, -0.1) is 0 Å². The van der Waals surface area contributed by atoms with E-state index in [4.69, 9.17) is 0 Å². The second-order valence-electron chi connectivity index (χ2n) is 5.71. The molecule has 0 saturated heterocycles. The first kappa shape index (κ1) is 16.1. The third kappa shape index (κ3) is 3.26. The standard InChI is InChI=1S/C21H14BrNOP/c22-18-10-8-15(9-11-18)19-13-16-5-1-2-6-17(16)14-20(19)25(24)21-7-3-4-12-23-21/h1-14H/q+1. The molecule has 0 radical (unpaired) electrons. The molecule has 4 aromatic rings. The van der Waals surface area contributed by atoms with E-state index in [1.54, 1.807) is 6.20 Å². The highest BCUT2D eigenvalue weighted by molar-refractivity contribution is 9.10. The molecule has 0 amide bonds. The van der Waals surface area contributed by atoms with Crippen LogP contribution in [-0.4, -0.2) is 4.98 Å². The van der Waals surface area contributed by atoms with Crippen LogP contribution in [0, 0.1) is 0 Å². The first-order chi connectivity index (χ1) is 12.2. The maximum atomic E-state index is 13.2. The fourth-order valence-corrected chi connectivity index (χ4v) is 4.43. The lowest BCUT2D eigenvalue weighted by molar-refractivity contribution is 0.597. The van der Waals surface area contributed by atoms with Crippen molar-refractivity contribution in [2.24, 2.45) is 0 Å². The number of halogens is 1. The van der Waals surface area contributed by atoms with Gasteiger partial charge in [-0.1, -0.05) is 63.0 Å². The molecule has 0 bridgehead atoms. The van der Waals surface area contributed by atoms with E-state index in [0.29, 0.717) is 5.44 Å². The number of aromatic nitrogens is 1. The molecule has 4 heteroatoms. The molecule has 120 valence electrons. The molecule has 1 heterocycles. The Morgan fingerprint density at radius 1 is 0.800 bits per heavy atom. The van der Waals surface area contributed by atoms with Crippen molar-refractivity contribution in [2.75, 3.05) is 0 Å². The SMILES string of the molecule is O=[P+](c1ccccn1)c1cc2ccccc2cc1-c1ccc(Br)cc1. The third-order valence-corrected chi connectivity index (χ3v) is 6.11. The third-order valence-electron chi connectivity index (χ3n) is 4.10. The molecule has 0 N–H and O–H groups in total. The van der Waals surface area contributed by atoms with Crippen LogP contribution in [0.1, 0.15) is 0 Å². The Morgan fingerprint density at radius 3 is 2.16 bits per heavy atom. The minimum absolute atomic E-state index is 0.603. The summed E-state index contributed by atoms with van der Waals surface area (Å²) in [5.41, 5.74) is 2.63. The van der Waals surface area contributed by atoms with Crippen molar-refractivity contribution in [3.05, 3.63) is 89.5 Å². The zero-order valence-corrected chi connectivity index (χ0v) is 15.7. The lowest BCUT2D eigenvalue weighted by atomic mass is 10.0. The summed E-state index contributed by atoms with van der Waals surface area (Å²) in [6.07, 6.45) is 1.68. The van der Waals surface area contributed by atoms with Crippen molar-refractivity contribution in [1.29, 1.82) is 0 Å². The number of fused-ring (bicyclic) bond motifs is 1. The van der Waals surface area contributed by atoms with E-state index in [2.05, 4.69) is 33.0 Å². The average Bonchev–Trinajstić information content (AvgIpc) is 2.68. The zero-order chi connectivity index (χ0) is 17.2. The van der Waals surface area contributed by atoms with E-state index in [-0.39, 0.29) is 0 Å². The molecule has 1 unspecified atom stereocenters. The minimum atomic E-state index is -1.77. The summed E-state index contributed by atoms with van der Waals surface area (Å²) in [4.78, 5) is 4.29. The van der Waals surface area contributed by atoms with Crippen molar-refractivity contribution in [2.45, 2.75) is 0 Å². The molecule has 0 aliphatic rings. The highest BCUT2D eigenvalue weighted by atomic mass is 79.9.